The Balaban J connectivity index is 2.11. The summed E-state index contributed by atoms with van der Waals surface area (Å²) in [6.45, 7) is 5.82. The largest absolute Gasteiger partial charge is 0.386 e. The molecular formula is C7H14N2. The third kappa shape index (κ3) is 1.63. The second-order valence-corrected chi connectivity index (χ2v) is 2.94. The van der Waals surface area contributed by atoms with E-state index in [0.717, 1.165) is 5.92 Å². The molecular weight excluding hydrogens is 112 g/mol. The Morgan fingerprint density at radius 1 is 1.67 bits per heavy atom. The highest BCUT2D eigenvalue weighted by molar-refractivity contribution is 4.92. The van der Waals surface area contributed by atoms with Gasteiger partial charge < -0.3 is 11.1 Å². The molecule has 0 amide bonds. The summed E-state index contributed by atoms with van der Waals surface area (Å²) in [6.07, 6.45) is 2.49. The highest BCUT2D eigenvalue weighted by atomic mass is 15.0. The lowest BCUT2D eigenvalue weighted by molar-refractivity contribution is 0.256. The van der Waals surface area contributed by atoms with Gasteiger partial charge in [0.2, 0.25) is 0 Å². The fourth-order valence-electron chi connectivity index (χ4n) is 1.28. The van der Waals surface area contributed by atoms with E-state index in [1.165, 1.54) is 12.8 Å². The summed E-state index contributed by atoms with van der Waals surface area (Å²) in [5.74, 6) is 1.48. The van der Waals surface area contributed by atoms with Crippen molar-refractivity contribution in [2.75, 3.05) is 0 Å². The molecule has 1 aliphatic carbocycles. The van der Waals surface area contributed by atoms with Gasteiger partial charge in [0.1, 0.15) is 0 Å². The smallest absolute Gasteiger partial charge is 0.0888 e. The van der Waals surface area contributed by atoms with Crippen LogP contribution in [0.15, 0.2) is 12.4 Å². The van der Waals surface area contributed by atoms with E-state index in [1.54, 1.807) is 0 Å². The van der Waals surface area contributed by atoms with E-state index in [2.05, 4.69) is 18.8 Å². The second-order valence-electron chi connectivity index (χ2n) is 2.94. The van der Waals surface area contributed by atoms with Gasteiger partial charge in [0.25, 0.3) is 0 Å². The van der Waals surface area contributed by atoms with Gasteiger partial charge in [-0.15, -0.1) is 0 Å². The molecule has 1 saturated carbocycles. The Bertz CT molecular complexity index is 114. The average Bonchev–Trinajstić information content (AvgIpc) is 1.60. The Hall–Kier alpha value is -0.660. The molecule has 0 saturated heterocycles. The SMILES string of the molecule is C=C(N)N[C@H]1C[C@H](C)C1. The molecule has 0 spiro atoms. The van der Waals surface area contributed by atoms with Gasteiger partial charge in [-0.1, -0.05) is 13.5 Å². The molecule has 2 nitrogen and oxygen atoms in total. The Morgan fingerprint density at radius 3 is 2.56 bits per heavy atom. The summed E-state index contributed by atoms with van der Waals surface area (Å²) in [4.78, 5) is 0. The quantitative estimate of drug-likeness (QED) is 0.574. The van der Waals surface area contributed by atoms with Gasteiger partial charge in [0.05, 0.1) is 5.82 Å². The van der Waals surface area contributed by atoms with Gasteiger partial charge in [-0.2, -0.15) is 0 Å². The monoisotopic (exact) mass is 126 g/mol. The molecule has 0 heterocycles. The Kier molecular flexibility index (Phi) is 1.65. The van der Waals surface area contributed by atoms with Crippen LogP contribution in [0.4, 0.5) is 0 Å². The maximum absolute atomic E-state index is 5.34. The minimum atomic E-state index is 0.604. The first-order valence-corrected chi connectivity index (χ1v) is 3.39. The number of hydrogen-bond acceptors (Lipinski definition) is 2. The topological polar surface area (TPSA) is 38.0 Å². The predicted octanol–water partition coefficient (Wildman–Crippen LogP) is 0.804. The van der Waals surface area contributed by atoms with E-state index >= 15 is 0 Å². The normalized spacial score (nSPS) is 33.0. The average molecular weight is 126 g/mol. The Labute approximate surface area is 56.1 Å². The lowest BCUT2D eigenvalue weighted by Crippen LogP contribution is -2.41. The number of rotatable bonds is 2. The summed E-state index contributed by atoms with van der Waals surface area (Å²) in [5.41, 5.74) is 5.34. The van der Waals surface area contributed by atoms with E-state index in [4.69, 9.17) is 5.73 Å². The van der Waals surface area contributed by atoms with Crippen molar-refractivity contribution < 1.29 is 0 Å². The molecule has 0 atom stereocenters. The van der Waals surface area contributed by atoms with E-state index in [-0.39, 0.29) is 0 Å². The maximum Gasteiger partial charge on any atom is 0.0888 e. The van der Waals surface area contributed by atoms with E-state index < -0.39 is 0 Å². The van der Waals surface area contributed by atoms with Crippen molar-refractivity contribution in [1.82, 2.24) is 5.32 Å². The van der Waals surface area contributed by atoms with E-state index in [1.807, 2.05) is 0 Å². The molecule has 1 aliphatic rings. The van der Waals surface area contributed by atoms with Gasteiger partial charge in [-0.05, 0) is 18.8 Å². The molecule has 1 rings (SSSR count). The molecule has 0 unspecified atom stereocenters. The van der Waals surface area contributed by atoms with Crippen LogP contribution in [0.2, 0.25) is 0 Å². The second kappa shape index (κ2) is 2.29. The van der Waals surface area contributed by atoms with Gasteiger partial charge >= 0.3 is 0 Å². The zero-order chi connectivity index (χ0) is 6.85. The summed E-state index contributed by atoms with van der Waals surface area (Å²) in [6, 6.07) is 0.609. The lowest BCUT2D eigenvalue weighted by atomic mass is 9.82. The molecule has 0 aromatic rings. The van der Waals surface area contributed by atoms with Gasteiger partial charge in [-0.25, -0.2) is 0 Å². The molecule has 52 valence electrons. The minimum absolute atomic E-state index is 0.604. The standard InChI is InChI=1S/C7H14N2/c1-5-3-7(4-5)9-6(2)8/h5,7,9H,2-4,8H2,1H3/t5-,7-. The van der Waals surface area contributed by atoms with Crippen LogP contribution in [0.25, 0.3) is 0 Å². The summed E-state index contributed by atoms with van der Waals surface area (Å²) in [5, 5.41) is 3.09. The number of hydrogen-bond donors (Lipinski definition) is 2. The number of nitrogens with one attached hydrogen (secondary N) is 1. The molecule has 2 heteroatoms. The molecule has 1 fully saturated rings. The fourth-order valence-corrected chi connectivity index (χ4v) is 1.28. The summed E-state index contributed by atoms with van der Waals surface area (Å²) < 4.78 is 0. The van der Waals surface area contributed by atoms with Gasteiger partial charge in [0, 0.05) is 6.04 Å². The van der Waals surface area contributed by atoms with Crippen molar-refractivity contribution in [2.45, 2.75) is 25.8 Å². The highest BCUT2D eigenvalue weighted by Crippen LogP contribution is 2.26. The molecule has 0 bridgehead atoms. The molecule has 0 aromatic carbocycles. The summed E-state index contributed by atoms with van der Waals surface area (Å²) >= 11 is 0. The van der Waals surface area contributed by atoms with Crippen LogP contribution in [0.3, 0.4) is 0 Å². The predicted molar refractivity (Wildman–Crippen MR) is 38.6 cm³/mol. The fraction of sp³-hybridized carbons (Fsp3) is 0.714. The van der Waals surface area contributed by atoms with Crippen LogP contribution in [0, 0.1) is 5.92 Å². The van der Waals surface area contributed by atoms with Crippen molar-refractivity contribution in [2.24, 2.45) is 11.7 Å². The first-order chi connectivity index (χ1) is 4.18. The van der Waals surface area contributed by atoms with Crippen LogP contribution < -0.4 is 11.1 Å². The maximum atomic E-state index is 5.34. The Morgan fingerprint density at radius 2 is 2.22 bits per heavy atom. The third-order valence-corrected chi connectivity index (χ3v) is 1.76. The van der Waals surface area contributed by atoms with Gasteiger partial charge in [-0.3, -0.25) is 0 Å². The first-order valence-electron chi connectivity index (χ1n) is 3.39. The molecule has 3 N–H and O–H groups in total. The van der Waals surface area contributed by atoms with E-state index in [0.29, 0.717) is 11.9 Å². The summed E-state index contributed by atoms with van der Waals surface area (Å²) in [7, 11) is 0. The van der Waals surface area contributed by atoms with Crippen molar-refractivity contribution in [3.8, 4) is 0 Å². The van der Waals surface area contributed by atoms with Crippen LogP contribution >= 0.6 is 0 Å². The van der Waals surface area contributed by atoms with Crippen LogP contribution in [-0.4, -0.2) is 6.04 Å². The molecule has 0 aliphatic heterocycles. The van der Waals surface area contributed by atoms with Crippen molar-refractivity contribution in [3.63, 3.8) is 0 Å². The molecule has 9 heavy (non-hydrogen) atoms. The van der Waals surface area contributed by atoms with Crippen LogP contribution in [-0.2, 0) is 0 Å². The highest BCUT2D eigenvalue weighted by Gasteiger charge is 2.24. The number of nitrogens with two attached hydrogens (primary N) is 1. The first kappa shape index (κ1) is 6.46. The van der Waals surface area contributed by atoms with Crippen molar-refractivity contribution in [3.05, 3.63) is 12.4 Å². The van der Waals surface area contributed by atoms with Crippen LogP contribution in [0.5, 0.6) is 0 Å². The lowest BCUT2D eigenvalue weighted by Gasteiger charge is -2.33. The van der Waals surface area contributed by atoms with Crippen molar-refractivity contribution in [1.29, 1.82) is 0 Å². The zero-order valence-corrected chi connectivity index (χ0v) is 5.85. The van der Waals surface area contributed by atoms with Gasteiger partial charge in [0.15, 0.2) is 0 Å². The third-order valence-electron chi connectivity index (χ3n) is 1.76. The van der Waals surface area contributed by atoms with Crippen molar-refractivity contribution >= 4 is 0 Å². The molecule has 0 aromatic heterocycles. The minimum Gasteiger partial charge on any atom is -0.386 e. The zero-order valence-electron chi connectivity index (χ0n) is 5.85. The molecule has 0 radical (unpaired) electrons. The van der Waals surface area contributed by atoms with E-state index in [9.17, 15) is 0 Å². The van der Waals surface area contributed by atoms with Crippen LogP contribution in [0.1, 0.15) is 19.8 Å².